The highest BCUT2D eigenvalue weighted by molar-refractivity contribution is 9.10. The van der Waals surface area contributed by atoms with E-state index in [1.54, 1.807) is 4.90 Å². The quantitative estimate of drug-likeness (QED) is 0.766. The van der Waals surface area contributed by atoms with E-state index in [1.165, 1.54) is 0 Å². The number of hydrogen-bond donors (Lipinski definition) is 2. The first-order valence-corrected chi connectivity index (χ1v) is 8.85. The summed E-state index contributed by atoms with van der Waals surface area (Å²) in [4.78, 5) is 37.7. The molecule has 1 unspecified atom stereocenters. The molecule has 2 amide bonds. The van der Waals surface area contributed by atoms with E-state index in [9.17, 15) is 14.4 Å². The van der Waals surface area contributed by atoms with Crippen LogP contribution in [0.15, 0.2) is 28.7 Å². The van der Waals surface area contributed by atoms with E-state index >= 15 is 0 Å². The van der Waals surface area contributed by atoms with E-state index in [0.717, 1.165) is 10.2 Å². The highest BCUT2D eigenvalue weighted by atomic mass is 79.9. The predicted molar refractivity (Wildman–Crippen MR) is 91.5 cm³/mol. The number of amides is 2. The molecule has 128 valence electrons. The molecule has 24 heavy (non-hydrogen) atoms. The van der Waals surface area contributed by atoms with Gasteiger partial charge in [0.2, 0.25) is 11.8 Å². The minimum absolute atomic E-state index is 0.149. The van der Waals surface area contributed by atoms with Gasteiger partial charge in [0.1, 0.15) is 5.92 Å². The van der Waals surface area contributed by atoms with Gasteiger partial charge in [-0.3, -0.25) is 14.4 Å². The van der Waals surface area contributed by atoms with Gasteiger partial charge in [-0.05, 0) is 53.7 Å². The molecule has 1 saturated heterocycles. The van der Waals surface area contributed by atoms with Crippen LogP contribution in [0.25, 0.3) is 0 Å². The molecule has 0 bridgehead atoms. The minimum Gasteiger partial charge on any atom is -0.481 e. The second kappa shape index (κ2) is 6.93. The molecule has 1 aromatic carbocycles. The van der Waals surface area contributed by atoms with E-state index in [4.69, 9.17) is 5.11 Å². The lowest BCUT2D eigenvalue weighted by Crippen LogP contribution is -2.41. The van der Waals surface area contributed by atoms with Crippen molar-refractivity contribution in [2.45, 2.75) is 31.7 Å². The van der Waals surface area contributed by atoms with Crippen LogP contribution < -0.4 is 10.2 Å². The molecule has 7 heteroatoms. The van der Waals surface area contributed by atoms with Crippen LogP contribution in [-0.2, 0) is 14.4 Å². The number of benzene rings is 1. The molecule has 3 rings (SSSR count). The fraction of sp³-hybridized carbons (Fsp3) is 0.471. The van der Waals surface area contributed by atoms with Crippen molar-refractivity contribution in [3.8, 4) is 0 Å². The molecule has 1 saturated carbocycles. The van der Waals surface area contributed by atoms with Crippen molar-refractivity contribution in [3.05, 3.63) is 28.7 Å². The number of halogens is 1. The van der Waals surface area contributed by atoms with Gasteiger partial charge < -0.3 is 15.3 Å². The zero-order valence-corrected chi connectivity index (χ0v) is 14.7. The largest absolute Gasteiger partial charge is 0.481 e. The normalized spacial score (nSPS) is 26.6. The van der Waals surface area contributed by atoms with Crippen LogP contribution >= 0.6 is 15.9 Å². The molecule has 0 spiro atoms. The molecule has 3 atom stereocenters. The fourth-order valence-electron chi connectivity index (χ4n) is 3.47. The van der Waals surface area contributed by atoms with E-state index in [0.29, 0.717) is 32.2 Å². The fourth-order valence-corrected chi connectivity index (χ4v) is 3.97. The smallest absolute Gasteiger partial charge is 0.306 e. The van der Waals surface area contributed by atoms with Gasteiger partial charge in [-0.1, -0.05) is 12.1 Å². The number of hydrogen-bond acceptors (Lipinski definition) is 3. The van der Waals surface area contributed by atoms with Gasteiger partial charge in [0, 0.05) is 17.1 Å². The van der Waals surface area contributed by atoms with Crippen LogP contribution in [0, 0.1) is 11.8 Å². The number of nitrogens with one attached hydrogen (secondary N) is 1. The zero-order chi connectivity index (χ0) is 17.3. The Bertz CT molecular complexity index is 678. The summed E-state index contributed by atoms with van der Waals surface area (Å²) in [7, 11) is 0. The van der Waals surface area contributed by atoms with Gasteiger partial charge in [0.15, 0.2) is 0 Å². The van der Waals surface area contributed by atoms with E-state index in [2.05, 4.69) is 21.2 Å². The molecule has 2 aliphatic rings. The average Bonchev–Trinajstić information content (AvgIpc) is 3.15. The highest BCUT2D eigenvalue weighted by Crippen LogP contribution is 2.32. The highest BCUT2D eigenvalue weighted by Gasteiger charge is 2.40. The zero-order valence-electron chi connectivity index (χ0n) is 13.1. The Morgan fingerprint density at radius 1 is 1.21 bits per heavy atom. The molecular weight excluding hydrogens is 376 g/mol. The van der Waals surface area contributed by atoms with Crippen LogP contribution in [0.4, 0.5) is 5.69 Å². The SMILES string of the molecule is O=C(N[C@@H]1CC[C@H](C(=O)O)C1)C1CCN(c2ccccc2Br)C1=O. The van der Waals surface area contributed by atoms with Crippen molar-refractivity contribution in [1.82, 2.24) is 5.32 Å². The summed E-state index contributed by atoms with van der Waals surface area (Å²) in [5.41, 5.74) is 0.768. The third kappa shape index (κ3) is 3.31. The molecule has 1 aliphatic heterocycles. The Kier molecular flexibility index (Phi) is 4.89. The topological polar surface area (TPSA) is 86.7 Å². The Balaban J connectivity index is 1.62. The van der Waals surface area contributed by atoms with Gasteiger partial charge in [0.25, 0.3) is 0 Å². The first-order chi connectivity index (χ1) is 11.5. The Morgan fingerprint density at radius 3 is 2.62 bits per heavy atom. The first-order valence-electron chi connectivity index (χ1n) is 8.06. The summed E-state index contributed by atoms with van der Waals surface area (Å²) in [5, 5.41) is 11.9. The minimum atomic E-state index is -0.816. The lowest BCUT2D eigenvalue weighted by atomic mass is 10.1. The van der Waals surface area contributed by atoms with Gasteiger partial charge in [-0.2, -0.15) is 0 Å². The number of carbonyl (C=O) groups is 3. The summed E-state index contributed by atoms with van der Waals surface area (Å²) in [6.45, 7) is 0.502. The molecule has 0 aromatic heterocycles. The van der Waals surface area contributed by atoms with Crippen molar-refractivity contribution < 1.29 is 19.5 Å². The second-order valence-corrected chi connectivity index (χ2v) is 7.19. The van der Waals surface area contributed by atoms with Crippen molar-refractivity contribution >= 4 is 39.4 Å². The number of carboxylic acids is 1. The molecule has 1 aromatic rings. The second-order valence-electron chi connectivity index (χ2n) is 6.34. The number of anilines is 1. The van der Waals surface area contributed by atoms with Gasteiger partial charge in [-0.15, -0.1) is 0 Å². The molecule has 1 heterocycles. The third-order valence-electron chi connectivity index (χ3n) is 4.79. The van der Waals surface area contributed by atoms with Crippen LogP contribution in [0.5, 0.6) is 0 Å². The lowest BCUT2D eigenvalue weighted by Gasteiger charge is -2.19. The maximum Gasteiger partial charge on any atom is 0.306 e. The summed E-state index contributed by atoms with van der Waals surface area (Å²) in [5.74, 6) is -2.39. The van der Waals surface area contributed by atoms with Crippen LogP contribution in [0.1, 0.15) is 25.7 Å². The molecule has 2 fully saturated rings. The predicted octanol–water partition coefficient (Wildman–Crippen LogP) is 2.17. The van der Waals surface area contributed by atoms with Crippen molar-refractivity contribution in [1.29, 1.82) is 0 Å². The van der Waals surface area contributed by atoms with E-state index in [1.807, 2.05) is 24.3 Å². The maximum atomic E-state index is 12.6. The van der Waals surface area contributed by atoms with Crippen molar-refractivity contribution in [2.75, 3.05) is 11.4 Å². The number of rotatable bonds is 4. The van der Waals surface area contributed by atoms with E-state index < -0.39 is 17.8 Å². The molecule has 2 N–H and O–H groups in total. The van der Waals surface area contributed by atoms with Gasteiger partial charge >= 0.3 is 5.97 Å². The van der Waals surface area contributed by atoms with E-state index in [-0.39, 0.29) is 17.9 Å². The van der Waals surface area contributed by atoms with Gasteiger partial charge in [-0.25, -0.2) is 0 Å². The maximum absolute atomic E-state index is 12.6. The number of aliphatic carboxylic acids is 1. The molecule has 0 radical (unpaired) electrons. The summed E-state index contributed by atoms with van der Waals surface area (Å²) in [6, 6.07) is 7.28. The molecule has 1 aliphatic carbocycles. The van der Waals surface area contributed by atoms with Crippen LogP contribution in [0.3, 0.4) is 0 Å². The summed E-state index contributed by atoms with van der Waals surface area (Å²) < 4.78 is 0.819. The number of carboxylic acid groups (broad SMARTS) is 1. The van der Waals surface area contributed by atoms with Crippen molar-refractivity contribution in [3.63, 3.8) is 0 Å². The standard InChI is InChI=1S/C17H19BrN2O4/c18-13-3-1-2-4-14(13)20-8-7-12(16(20)22)15(21)19-11-6-5-10(9-11)17(23)24/h1-4,10-12H,5-9H2,(H,19,21)(H,23,24)/t10-,11+,12?/m0/s1. The number of carbonyl (C=O) groups excluding carboxylic acids is 2. The summed E-state index contributed by atoms with van der Waals surface area (Å²) in [6.07, 6.45) is 2.14. The van der Waals surface area contributed by atoms with Crippen molar-refractivity contribution in [2.24, 2.45) is 11.8 Å². The molecule has 6 nitrogen and oxygen atoms in total. The molecular formula is C17H19BrN2O4. The Hall–Kier alpha value is -1.89. The van der Waals surface area contributed by atoms with Gasteiger partial charge in [0.05, 0.1) is 11.6 Å². The monoisotopic (exact) mass is 394 g/mol. The third-order valence-corrected chi connectivity index (χ3v) is 5.46. The number of para-hydroxylation sites is 1. The van der Waals surface area contributed by atoms with Crippen LogP contribution in [0.2, 0.25) is 0 Å². The van der Waals surface area contributed by atoms with Crippen LogP contribution in [-0.4, -0.2) is 35.5 Å². The average molecular weight is 395 g/mol. The lowest BCUT2D eigenvalue weighted by molar-refractivity contribution is -0.142. The number of nitrogens with zero attached hydrogens (tertiary/aromatic N) is 1. The Labute approximate surface area is 148 Å². The first kappa shape index (κ1) is 17.0. The Morgan fingerprint density at radius 2 is 1.96 bits per heavy atom. The summed E-state index contributed by atoms with van der Waals surface area (Å²) >= 11 is 3.43.